The van der Waals surface area contributed by atoms with Crippen LogP contribution < -0.4 is 25.1 Å². The maximum Gasteiger partial charge on any atom is 0.336 e. The summed E-state index contributed by atoms with van der Waals surface area (Å²) in [7, 11) is 4.46. The summed E-state index contributed by atoms with van der Waals surface area (Å²) in [6.07, 6.45) is -0.00784. The van der Waals surface area contributed by atoms with Crippen molar-refractivity contribution in [2.45, 2.75) is 13.3 Å². The van der Waals surface area contributed by atoms with Crippen molar-refractivity contribution in [3.8, 4) is 22.9 Å². The minimum atomic E-state index is -1.16. The van der Waals surface area contributed by atoms with E-state index in [2.05, 4.69) is 10.5 Å². The van der Waals surface area contributed by atoms with E-state index < -0.39 is 11.5 Å². The van der Waals surface area contributed by atoms with Crippen LogP contribution >= 0.6 is 0 Å². The van der Waals surface area contributed by atoms with E-state index in [1.165, 1.54) is 32.0 Å². The fraction of sp³-hybridized carbons (Fsp3) is 0.172. The second kappa shape index (κ2) is 10.4. The number of nitrogens with zero attached hydrogens (tertiary/aromatic N) is 2. The lowest BCUT2D eigenvalue weighted by Gasteiger charge is -2.15. The zero-order valence-electron chi connectivity index (χ0n) is 22.1. The number of amides is 1. The van der Waals surface area contributed by atoms with Crippen LogP contribution in [0.4, 0.5) is 5.69 Å². The number of carboxylic acid groups (broad SMARTS) is 1. The normalized spacial score (nSPS) is 11.0. The number of nitrogens with one attached hydrogen (secondary N) is 1. The number of carbonyl (C=O) groups is 2. The number of fused-ring (bicyclic) bond motifs is 3. The summed E-state index contributed by atoms with van der Waals surface area (Å²) in [6.45, 7) is 1.60. The van der Waals surface area contributed by atoms with E-state index >= 15 is 0 Å². The van der Waals surface area contributed by atoms with Crippen molar-refractivity contribution in [3.05, 3.63) is 81.8 Å². The van der Waals surface area contributed by atoms with Crippen LogP contribution in [-0.2, 0) is 11.2 Å². The van der Waals surface area contributed by atoms with E-state index in [0.717, 1.165) is 0 Å². The van der Waals surface area contributed by atoms with Crippen molar-refractivity contribution in [3.63, 3.8) is 0 Å². The lowest BCUT2D eigenvalue weighted by molar-refractivity contribution is -0.115. The van der Waals surface area contributed by atoms with Crippen LogP contribution in [0.3, 0.4) is 0 Å². The third-order valence-corrected chi connectivity index (χ3v) is 6.51. The van der Waals surface area contributed by atoms with Crippen LogP contribution in [-0.4, -0.2) is 48.0 Å². The standard InChI is InChI=1S/C29H25N3O8/c1-15-24-26(31-40-15)25-19(29(35)36)9-6-10-20(25)32(28(24)34)18-8-5-7-16(11-18)12-23(33)30-17-13-21(37-2)27(39-4)22(14-17)38-3/h5-11,13-14H,12H2,1-4H3,(H,30,33)(H,35,36). The number of anilines is 1. The molecular weight excluding hydrogens is 518 g/mol. The van der Waals surface area contributed by atoms with Gasteiger partial charge in [0, 0.05) is 28.9 Å². The van der Waals surface area contributed by atoms with Crippen LogP contribution in [0.25, 0.3) is 27.5 Å². The Hall–Kier alpha value is -5.32. The number of aromatic carboxylic acids is 1. The number of benzene rings is 3. The highest BCUT2D eigenvalue weighted by atomic mass is 16.5. The van der Waals surface area contributed by atoms with Crippen LogP contribution in [0.5, 0.6) is 17.2 Å². The first-order valence-corrected chi connectivity index (χ1v) is 12.1. The van der Waals surface area contributed by atoms with Crippen LogP contribution in [0, 0.1) is 6.92 Å². The summed E-state index contributed by atoms with van der Waals surface area (Å²) >= 11 is 0. The highest BCUT2D eigenvalue weighted by Crippen LogP contribution is 2.40. The zero-order valence-corrected chi connectivity index (χ0v) is 22.1. The lowest BCUT2D eigenvalue weighted by atomic mass is 10.0. The molecule has 1 amide bonds. The quantitative estimate of drug-likeness (QED) is 0.292. The van der Waals surface area contributed by atoms with Crippen molar-refractivity contribution >= 4 is 39.4 Å². The molecule has 0 fully saturated rings. The third-order valence-electron chi connectivity index (χ3n) is 6.51. The van der Waals surface area contributed by atoms with Gasteiger partial charge in [-0.3, -0.25) is 14.2 Å². The Balaban J connectivity index is 1.55. The second-order valence-corrected chi connectivity index (χ2v) is 8.92. The zero-order chi connectivity index (χ0) is 28.6. The third kappa shape index (κ3) is 4.47. The molecule has 0 spiro atoms. The summed E-state index contributed by atoms with van der Waals surface area (Å²) in [5.41, 5.74) is 1.65. The molecule has 40 heavy (non-hydrogen) atoms. The molecule has 3 aromatic carbocycles. The van der Waals surface area contributed by atoms with Gasteiger partial charge in [0.15, 0.2) is 11.5 Å². The number of carbonyl (C=O) groups excluding carboxylic acids is 1. The average Bonchev–Trinajstić information content (AvgIpc) is 3.34. The van der Waals surface area contributed by atoms with E-state index in [1.54, 1.807) is 55.5 Å². The molecule has 2 aromatic heterocycles. The Morgan fingerprint density at radius 2 is 1.68 bits per heavy atom. The fourth-order valence-electron chi connectivity index (χ4n) is 4.78. The molecule has 2 heterocycles. The predicted molar refractivity (Wildman–Crippen MR) is 147 cm³/mol. The molecule has 0 saturated heterocycles. The number of rotatable bonds is 8. The maximum absolute atomic E-state index is 13.7. The van der Waals surface area contributed by atoms with Crippen LogP contribution in [0.15, 0.2) is 63.9 Å². The lowest BCUT2D eigenvalue weighted by Crippen LogP contribution is -2.20. The topological polar surface area (TPSA) is 142 Å². The van der Waals surface area contributed by atoms with Gasteiger partial charge in [-0.15, -0.1) is 0 Å². The Kier molecular flexibility index (Phi) is 6.87. The van der Waals surface area contributed by atoms with E-state index in [9.17, 15) is 19.5 Å². The number of ether oxygens (including phenoxy) is 3. The summed E-state index contributed by atoms with van der Waals surface area (Å²) in [6, 6.07) is 14.8. The molecule has 0 bridgehead atoms. The van der Waals surface area contributed by atoms with Gasteiger partial charge < -0.3 is 29.2 Å². The number of hydrogen-bond acceptors (Lipinski definition) is 8. The molecule has 0 aliphatic rings. The van der Waals surface area contributed by atoms with E-state index in [1.807, 2.05) is 0 Å². The Bertz CT molecular complexity index is 1830. The van der Waals surface area contributed by atoms with Gasteiger partial charge in [-0.05, 0) is 36.8 Å². The highest BCUT2D eigenvalue weighted by molar-refractivity contribution is 6.14. The Morgan fingerprint density at radius 3 is 2.33 bits per heavy atom. The second-order valence-electron chi connectivity index (χ2n) is 8.92. The van der Waals surface area contributed by atoms with Gasteiger partial charge in [-0.1, -0.05) is 23.4 Å². The van der Waals surface area contributed by atoms with Crippen LogP contribution in [0.1, 0.15) is 21.7 Å². The van der Waals surface area contributed by atoms with Crippen molar-refractivity contribution in [2.24, 2.45) is 0 Å². The maximum atomic E-state index is 13.7. The van der Waals surface area contributed by atoms with Crippen molar-refractivity contribution < 1.29 is 33.4 Å². The van der Waals surface area contributed by atoms with E-state index in [4.69, 9.17) is 18.7 Å². The summed E-state index contributed by atoms with van der Waals surface area (Å²) in [5, 5.41) is 17.1. The smallest absolute Gasteiger partial charge is 0.336 e. The minimum Gasteiger partial charge on any atom is -0.493 e. The van der Waals surface area contributed by atoms with Gasteiger partial charge in [-0.25, -0.2) is 4.79 Å². The number of methoxy groups -OCH3 is 3. The first-order valence-electron chi connectivity index (χ1n) is 12.1. The summed E-state index contributed by atoms with van der Waals surface area (Å²) in [5.74, 6) is -0.00984. The molecular formula is C29H25N3O8. The summed E-state index contributed by atoms with van der Waals surface area (Å²) in [4.78, 5) is 38.7. The van der Waals surface area contributed by atoms with Gasteiger partial charge in [-0.2, -0.15) is 0 Å². The number of aromatic nitrogens is 2. The Labute approximate surface area is 227 Å². The molecule has 0 radical (unpaired) electrons. The van der Waals surface area contributed by atoms with Gasteiger partial charge >= 0.3 is 5.97 Å². The van der Waals surface area contributed by atoms with Crippen molar-refractivity contribution in [2.75, 3.05) is 26.6 Å². The molecule has 11 nitrogen and oxygen atoms in total. The molecule has 11 heteroatoms. The largest absolute Gasteiger partial charge is 0.493 e. The number of carboxylic acids is 1. The molecule has 204 valence electrons. The molecule has 0 atom stereocenters. The molecule has 2 N–H and O–H groups in total. The van der Waals surface area contributed by atoms with Gasteiger partial charge in [0.25, 0.3) is 5.56 Å². The fourth-order valence-corrected chi connectivity index (χ4v) is 4.78. The first-order chi connectivity index (χ1) is 19.3. The summed E-state index contributed by atoms with van der Waals surface area (Å²) < 4.78 is 22.7. The molecule has 0 aliphatic carbocycles. The molecule has 5 rings (SSSR count). The van der Waals surface area contributed by atoms with Gasteiger partial charge in [0.05, 0.1) is 38.8 Å². The first kappa shape index (κ1) is 26.3. The Morgan fingerprint density at radius 1 is 0.975 bits per heavy atom. The average molecular weight is 544 g/mol. The molecule has 0 aliphatic heterocycles. The van der Waals surface area contributed by atoms with Crippen molar-refractivity contribution in [1.82, 2.24) is 9.72 Å². The van der Waals surface area contributed by atoms with E-state index in [-0.39, 0.29) is 39.9 Å². The number of aryl methyl sites for hydroxylation is 1. The van der Waals surface area contributed by atoms with Gasteiger partial charge in [0.2, 0.25) is 11.7 Å². The van der Waals surface area contributed by atoms with Crippen LogP contribution in [0.2, 0.25) is 0 Å². The van der Waals surface area contributed by atoms with Crippen molar-refractivity contribution in [1.29, 1.82) is 0 Å². The number of pyridine rings is 1. The molecule has 0 saturated carbocycles. The SMILES string of the molecule is COc1cc(NC(=O)Cc2cccc(-n3c(=O)c4c(C)onc4c4c(C(=O)O)cccc43)c2)cc(OC)c1OC. The predicted octanol–water partition coefficient (Wildman–Crippen LogP) is 4.35. The van der Waals surface area contributed by atoms with Gasteiger partial charge in [0.1, 0.15) is 16.7 Å². The monoisotopic (exact) mass is 543 g/mol. The molecule has 5 aromatic rings. The molecule has 0 unspecified atom stereocenters. The van der Waals surface area contributed by atoms with E-state index in [0.29, 0.717) is 39.7 Å². The minimum absolute atomic E-state index is 0.00784. The highest BCUT2D eigenvalue weighted by Gasteiger charge is 2.22. The number of hydrogen-bond donors (Lipinski definition) is 2.